The van der Waals surface area contributed by atoms with E-state index in [0.29, 0.717) is 13.0 Å². The average Bonchev–Trinajstić information content (AvgIpc) is 2.88. The number of ether oxygens (including phenoxy) is 1. The smallest absolute Gasteiger partial charge is 0.309 e. The summed E-state index contributed by atoms with van der Waals surface area (Å²) in [6.45, 7) is 6.11. The molecule has 37 heavy (non-hydrogen) atoms. The van der Waals surface area contributed by atoms with Crippen molar-refractivity contribution in [1.82, 2.24) is 0 Å². The predicted octanol–water partition coefficient (Wildman–Crippen LogP) is 10.6. The van der Waals surface area contributed by atoms with Gasteiger partial charge in [0.1, 0.15) is 0 Å². The van der Waals surface area contributed by atoms with Crippen molar-refractivity contribution in [3.63, 3.8) is 0 Å². The van der Waals surface area contributed by atoms with E-state index in [4.69, 9.17) is 9.84 Å². The van der Waals surface area contributed by atoms with Crippen LogP contribution < -0.4 is 0 Å². The van der Waals surface area contributed by atoms with Crippen LogP contribution in [0.5, 0.6) is 0 Å². The minimum absolute atomic E-state index is 0.111. The molecule has 1 atom stereocenters. The average molecular weight is 523 g/mol. The number of carboxylic acid groups (broad SMARTS) is 1. The highest BCUT2D eigenvalue weighted by Crippen LogP contribution is 2.18. The van der Waals surface area contributed by atoms with E-state index >= 15 is 0 Å². The number of hydrogen-bond acceptors (Lipinski definition) is 3. The van der Waals surface area contributed by atoms with Gasteiger partial charge < -0.3 is 9.84 Å². The summed E-state index contributed by atoms with van der Waals surface area (Å²) in [6.07, 6.45) is 34.1. The minimum Gasteiger partial charge on any atom is -0.481 e. The summed E-state index contributed by atoms with van der Waals surface area (Å²) in [7, 11) is 0. The van der Waals surface area contributed by atoms with Gasteiger partial charge >= 0.3 is 11.9 Å². The highest BCUT2D eigenvalue weighted by molar-refractivity contribution is 5.79. The van der Waals surface area contributed by atoms with Crippen molar-refractivity contribution in [1.29, 1.82) is 0 Å². The van der Waals surface area contributed by atoms with Crippen molar-refractivity contribution in [2.45, 2.75) is 174 Å². The fourth-order valence-corrected chi connectivity index (χ4v) is 5.05. The van der Waals surface area contributed by atoms with E-state index in [0.717, 1.165) is 19.3 Å². The molecule has 0 radical (unpaired) electrons. The maximum absolute atomic E-state index is 12.0. The second kappa shape index (κ2) is 29.2. The summed E-state index contributed by atoms with van der Waals surface area (Å²) >= 11 is 0. The number of rotatable bonds is 30. The Hall–Kier alpha value is -1.32. The van der Waals surface area contributed by atoms with Gasteiger partial charge in [-0.25, -0.2) is 0 Å². The molecule has 0 aromatic rings. The Bertz CT molecular complexity index is 516. The van der Waals surface area contributed by atoms with Crippen molar-refractivity contribution >= 4 is 11.9 Å². The fourth-order valence-electron chi connectivity index (χ4n) is 5.05. The maximum Gasteiger partial charge on any atom is 0.309 e. The number of carbonyl (C=O) groups is 2. The van der Waals surface area contributed by atoms with Gasteiger partial charge in [0.2, 0.25) is 0 Å². The first-order valence-electron chi connectivity index (χ1n) is 16.1. The topological polar surface area (TPSA) is 63.6 Å². The normalized spacial score (nSPS) is 11.9. The SMILES string of the molecule is C=CCCCCCCCCCCCCCCCCCCCCCCCCC(CC(=O)O)C(=O)OCCC. The quantitative estimate of drug-likeness (QED) is 0.0579. The van der Waals surface area contributed by atoms with Gasteiger partial charge in [-0.15, -0.1) is 6.58 Å². The molecule has 0 spiro atoms. The van der Waals surface area contributed by atoms with Crippen LogP contribution >= 0.6 is 0 Å². The monoisotopic (exact) mass is 522 g/mol. The molecule has 0 aliphatic heterocycles. The molecule has 1 unspecified atom stereocenters. The number of hydrogen-bond donors (Lipinski definition) is 1. The predicted molar refractivity (Wildman–Crippen MR) is 158 cm³/mol. The van der Waals surface area contributed by atoms with Crippen molar-refractivity contribution < 1.29 is 19.4 Å². The summed E-state index contributed by atoms with van der Waals surface area (Å²) < 4.78 is 5.16. The van der Waals surface area contributed by atoms with Gasteiger partial charge in [0.05, 0.1) is 18.9 Å². The Labute approximate surface area is 230 Å². The molecule has 0 saturated carbocycles. The van der Waals surface area contributed by atoms with Gasteiger partial charge in [-0.1, -0.05) is 148 Å². The zero-order chi connectivity index (χ0) is 27.2. The summed E-state index contributed by atoms with van der Waals surface area (Å²) in [5, 5.41) is 9.04. The molecule has 0 aliphatic rings. The van der Waals surface area contributed by atoms with Gasteiger partial charge in [-0.05, 0) is 25.7 Å². The molecule has 0 heterocycles. The lowest BCUT2D eigenvalue weighted by Gasteiger charge is -2.13. The van der Waals surface area contributed by atoms with E-state index < -0.39 is 11.9 Å². The third kappa shape index (κ3) is 27.5. The van der Waals surface area contributed by atoms with Crippen LogP contribution in [0.2, 0.25) is 0 Å². The first-order valence-corrected chi connectivity index (χ1v) is 16.1. The van der Waals surface area contributed by atoms with Crippen molar-refractivity contribution in [3.05, 3.63) is 12.7 Å². The number of aliphatic carboxylic acids is 1. The van der Waals surface area contributed by atoms with Gasteiger partial charge in [0.25, 0.3) is 0 Å². The summed E-state index contributed by atoms with van der Waals surface area (Å²) in [5.74, 6) is -1.74. The molecular weight excluding hydrogens is 460 g/mol. The molecule has 218 valence electrons. The van der Waals surface area contributed by atoms with Gasteiger partial charge in [-0.2, -0.15) is 0 Å². The second-order valence-corrected chi connectivity index (χ2v) is 11.1. The van der Waals surface area contributed by atoms with E-state index in [1.54, 1.807) is 0 Å². The lowest BCUT2D eigenvalue weighted by molar-refractivity contribution is -0.153. The van der Waals surface area contributed by atoms with Crippen molar-refractivity contribution in [2.75, 3.05) is 6.61 Å². The molecule has 0 aromatic carbocycles. The van der Waals surface area contributed by atoms with E-state index in [1.165, 1.54) is 135 Å². The Morgan fingerprint density at radius 1 is 0.649 bits per heavy atom. The molecule has 4 heteroatoms. The molecule has 0 bridgehead atoms. The van der Waals surface area contributed by atoms with Crippen LogP contribution in [0.3, 0.4) is 0 Å². The largest absolute Gasteiger partial charge is 0.481 e. The first kappa shape index (κ1) is 35.7. The van der Waals surface area contributed by atoms with Crippen LogP contribution in [0.15, 0.2) is 12.7 Å². The van der Waals surface area contributed by atoms with Crippen LogP contribution in [0.1, 0.15) is 174 Å². The minimum atomic E-state index is -0.916. The van der Waals surface area contributed by atoms with Crippen LogP contribution in [0, 0.1) is 5.92 Å². The molecular formula is C33H62O4. The number of unbranched alkanes of at least 4 members (excludes halogenated alkanes) is 22. The molecule has 0 rings (SSSR count). The standard InChI is InChI=1S/C33H62O4/c1-3-5-6-7-8-9-10-11-12-13-14-15-16-17-18-19-20-21-22-23-24-25-26-27-28-31(30-32(34)35)33(36)37-29-4-2/h3,31H,1,4-30H2,2H3,(H,34,35). The molecule has 0 fully saturated rings. The molecule has 1 N–H and O–H groups in total. The van der Waals surface area contributed by atoms with Crippen LogP contribution in [0.4, 0.5) is 0 Å². The molecule has 4 nitrogen and oxygen atoms in total. The highest BCUT2D eigenvalue weighted by Gasteiger charge is 2.22. The molecule has 0 amide bonds. The Kier molecular flexibility index (Phi) is 28.2. The third-order valence-corrected chi connectivity index (χ3v) is 7.41. The fraction of sp³-hybridized carbons (Fsp3) is 0.879. The lowest BCUT2D eigenvalue weighted by Crippen LogP contribution is -2.21. The zero-order valence-corrected chi connectivity index (χ0v) is 24.6. The number of carbonyl (C=O) groups excluding carboxylic acids is 1. The molecule has 0 aliphatic carbocycles. The second-order valence-electron chi connectivity index (χ2n) is 11.1. The number of carboxylic acids is 1. The van der Waals surface area contributed by atoms with Crippen molar-refractivity contribution in [3.8, 4) is 0 Å². The first-order chi connectivity index (χ1) is 18.1. The number of allylic oxidation sites excluding steroid dienone is 1. The van der Waals surface area contributed by atoms with Crippen molar-refractivity contribution in [2.24, 2.45) is 5.92 Å². The van der Waals surface area contributed by atoms with Crippen LogP contribution in [0.25, 0.3) is 0 Å². The molecule has 0 saturated heterocycles. The summed E-state index contributed by atoms with van der Waals surface area (Å²) in [5.41, 5.74) is 0. The third-order valence-electron chi connectivity index (χ3n) is 7.41. The number of esters is 1. The van der Waals surface area contributed by atoms with Gasteiger partial charge in [-0.3, -0.25) is 9.59 Å². The van der Waals surface area contributed by atoms with E-state index in [9.17, 15) is 9.59 Å². The summed E-state index contributed by atoms with van der Waals surface area (Å²) in [6, 6.07) is 0. The van der Waals surface area contributed by atoms with E-state index in [-0.39, 0.29) is 12.4 Å². The van der Waals surface area contributed by atoms with Crippen LogP contribution in [-0.2, 0) is 14.3 Å². The van der Waals surface area contributed by atoms with Gasteiger partial charge in [0, 0.05) is 0 Å². The summed E-state index contributed by atoms with van der Waals surface area (Å²) in [4.78, 5) is 23.0. The Morgan fingerprint density at radius 2 is 1.00 bits per heavy atom. The Balaban J connectivity index is 3.32. The maximum atomic E-state index is 12.0. The van der Waals surface area contributed by atoms with E-state index in [1.807, 2.05) is 13.0 Å². The van der Waals surface area contributed by atoms with Crippen LogP contribution in [-0.4, -0.2) is 23.7 Å². The highest BCUT2D eigenvalue weighted by atomic mass is 16.5. The zero-order valence-electron chi connectivity index (χ0n) is 24.6. The Morgan fingerprint density at radius 3 is 1.32 bits per heavy atom. The molecule has 0 aromatic heterocycles. The van der Waals surface area contributed by atoms with E-state index in [2.05, 4.69) is 6.58 Å². The van der Waals surface area contributed by atoms with Gasteiger partial charge in [0.15, 0.2) is 0 Å². The lowest BCUT2D eigenvalue weighted by atomic mass is 9.97.